The Hall–Kier alpha value is -1.09. The standard InChI is InChI=1S/C14H22FNO/c1-10(2)12(5-4-8-16)13-9-11(15)6-7-14(13)17-3/h6-7,9-10,12H,4-5,8,16H2,1-3H3. The highest BCUT2D eigenvalue weighted by Crippen LogP contribution is 2.35. The van der Waals surface area contributed by atoms with Crippen LogP contribution in [0.4, 0.5) is 4.39 Å². The van der Waals surface area contributed by atoms with Crippen LogP contribution in [0.2, 0.25) is 0 Å². The molecule has 17 heavy (non-hydrogen) atoms. The summed E-state index contributed by atoms with van der Waals surface area (Å²) in [6, 6.07) is 4.71. The Morgan fingerprint density at radius 1 is 1.35 bits per heavy atom. The molecule has 0 spiro atoms. The maximum Gasteiger partial charge on any atom is 0.123 e. The Balaban J connectivity index is 3.02. The fraction of sp³-hybridized carbons (Fsp3) is 0.571. The van der Waals surface area contributed by atoms with Gasteiger partial charge >= 0.3 is 0 Å². The molecule has 0 fully saturated rings. The number of ether oxygens (including phenoxy) is 1. The quantitative estimate of drug-likeness (QED) is 0.826. The Bertz CT molecular complexity index is 352. The molecule has 2 nitrogen and oxygen atoms in total. The molecule has 1 atom stereocenters. The van der Waals surface area contributed by atoms with Gasteiger partial charge < -0.3 is 10.5 Å². The van der Waals surface area contributed by atoms with Crippen LogP contribution in [0.25, 0.3) is 0 Å². The first-order valence-electron chi connectivity index (χ1n) is 6.13. The van der Waals surface area contributed by atoms with Crippen LogP contribution in [-0.4, -0.2) is 13.7 Å². The zero-order valence-corrected chi connectivity index (χ0v) is 10.9. The number of rotatable bonds is 6. The average molecular weight is 239 g/mol. The first-order valence-corrected chi connectivity index (χ1v) is 6.13. The largest absolute Gasteiger partial charge is 0.496 e. The van der Waals surface area contributed by atoms with Crippen molar-refractivity contribution in [2.75, 3.05) is 13.7 Å². The van der Waals surface area contributed by atoms with Crippen LogP contribution in [0, 0.1) is 11.7 Å². The molecule has 2 N–H and O–H groups in total. The molecular formula is C14H22FNO. The second kappa shape index (κ2) is 6.60. The van der Waals surface area contributed by atoms with Gasteiger partial charge in [-0.05, 0) is 49.4 Å². The molecule has 0 amide bonds. The molecule has 1 rings (SSSR count). The van der Waals surface area contributed by atoms with E-state index < -0.39 is 0 Å². The highest BCUT2D eigenvalue weighted by atomic mass is 19.1. The molecule has 0 heterocycles. The highest BCUT2D eigenvalue weighted by molar-refractivity contribution is 5.37. The lowest BCUT2D eigenvalue weighted by atomic mass is 9.84. The Labute approximate surface area is 103 Å². The zero-order chi connectivity index (χ0) is 12.8. The molecule has 1 aromatic rings. The van der Waals surface area contributed by atoms with E-state index in [0.29, 0.717) is 18.4 Å². The second-order valence-corrected chi connectivity index (χ2v) is 4.67. The van der Waals surface area contributed by atoms with Gasteiger partial charge in [0.25, 0.3) is 0 Å². The number of hydrogen-bond acceptors (Lipinski definition) is 2. The molecule has 0 aromatic heterocycles. The van der Waals surface area contributed by atoms with Gasteiger partial charge in [0.2, 0.25) is 0 Å². The molecule has 0 bridgehead atoms. The minimum Gasteiger partial charge on any atom is -0.496 e. The number of hydrogen-bond donors (Lipinski definition) is 1. The van der Waals surface area contributed by atoms with Crippen molar-refractivity contribution >= 4 is 0 Å². The van der Waals surface area contributed by atoms with Gasteiger partial charge in [-0.1, -0.05) is 13.8 Å². The summed E-state index contributed by atoms with van der Waals surface area (Å²) in [5.41, 5.74) is 6.50. The van der Waals surface area contributed by atoms with Crippen molar-refractivity contribution in [2.24, 2.45) is 11.7 Å². The lowest BCUT2D eigenvalue weighted by Crippen LogP contribution is -2.11. The number of methoxy groups -OCH3 is 1. The van der Waals surface area contributed by atoms with E-state index in [9.17, 15) is 4.39 Å². The minimum atomic E-state index is -0.209. The summed E-state index contributed by atoms with van der Waals surface area (Å²) < 4.78 is 18.7. The summed E-state index contributed by atoms with van der Waals surface area (Å²) in [6.45, 7) is 4.96. The summed E-state index contributed by atoms with van der Waals surface area (Å²) in [6.07, 6.45) is 1.91. The summed E-state index contributed by atoms with van der Waals surface area (Å²) >= 11 is 0. The SMILES string of the molecule is COc1ccc(F)cc1C(CCCN)C(C)C. The Morgan fingerprint density at radius 3 is 2.59 bits per heavy atom. The smallest absolute Gasteiger partial charge is 0.123 e. The zero-order valence-electron chi connectivity index (χ0n) is 10.9. The molecule has 0 radical (unpaired) electrons. The molecule has 0 saturated carbocycles. The predicted octanol–water partition coefficient (Wildman–Crippen LogP) is 3.31. The highest BCUT2D eigenvalue weighted by Gasteiger charge is 2.19. The molecule has 96 valence electrons. The molecule has 1 aromatic carbocycles. The van der Waals surface area contributed by atoms with Gasteiger partial charge in [-0.15, -0.1) is 0 Å². The van der Waals surface area contributed by atoms with Gasteiger partial charge in [0.05, 0.1) is 7.11 Å². The van der Waals surface area contributed by atoms with E-state index >= 15 is 0 Å². The minimum absolute atomic E-state index is 0.209. The summed E-state index contributed by atoms with van der Waals surface area (Å²) in [4.78, 5) is 0. The van der Waals surface area contributed by atoms with Crippen molar-refractivity contribution in [3.05, 3.63) is 29.6 Å². The van der Waals surface area contributed by atoms with E-state index in [1.54, 1.807) is 19.2 Å². The van der Waals surface area contributed by atoms with E-state index in [1.807, 2.05) is 0 Å². The fourth-order valence-electron chi connectivity index (χ4n) is 2.18. The van der Waals surface area contributed by atoms with Crippen molar-refractivity contribution < 1.29 is 9.13 Å². The number of nitrogens with two attached hydrogens (primary N) is 1. The molecule has 3 heteroatoms. The van der Waals surface area contributed by atoms with Gasteiger partial charge in [0.15, 0.2) is 0 Å². The third-order valence-electron chi connectivity index (χ3n) is 3.12. The summed E-state index contributed by atoms with van der Waals surface area (Å²) in [5, 5.41) is 0. The van der Waals surface area contributed by atoms with Gasteiger partial charge in [-0.2, -0.15) is 0 Å². The van der Waals surface area contributed by atoms with E-state index in [2.05, 4.69) is 13.8 Å². The maximum atomic E-state index is 13.3. The molecule has 0 aliphatic rings. The van der Waals surface area contributed by atoms with Crippen LogP contribution in [0.15, 0.2) is 18.2 Å². The van der Waals surface area contributed by atoms with E-state index in [-0.39, 0.29) is 5.82 Å². The van der Waals surface area contributed by atoms with E-state index in [0.717, 1.165) is 24.2 Å². The van der Waals surface area contributed by atoms with Crippen molar-refractivity contribution in [3.8, 4) is 5.75 Å². The fourth-order valence-corrected chi connectivity index (χ4v) is 2.18. The lowest BCUT2D eigenvalue weighted by molar-refractivity contribution is 0.385. The molecule has 1 unspecified atom stereocenters. The topological polar surface area (TPSA) is 35.2 Å². The third-order valence-corrected chi connectivity index (χ3v) is 3.12. The van der Waals surface area contributed by atoms with E-state index in [1.165, 1.54) is 6.07 Å². The van der Waals surface area contributed by atoms with Gasteiger partial charge in [0.1, 0.15) is 11.6 Å². The molecule has 0 aliphatic carbocycles. The monoisotopic (exact) mass is 239 g/mol. The first kappa shape index (κ1) is 14.0. The molecular weight excluding hydrogens is 217 g/mol. The van der Waals surface area contributed by atoms with Crippen LogP contribution < -0.4 is 10.5 Å². The normalized spacial score (nSPS) is 12.8. The average Bonchev–Trinajstić information content (AvgIpc) is 2.29. The van der Waals surface area contributed by atoms with Crippen molar-refractivity contribution in [1.29, 1.82) is 0 Å². The Kier molecular flexibility index (Phi) is 5.42. The summed E-state index contributed by atoms with van der Waals surface area (Å²) in [5.74, 6) is 1.29. The van der Waals surface area contributed by atoms with Gasteiger partial charge in [-0.3, -0.25) is 0 Å². The molecule has 0 saturated heterocycles. The van der Waals surface area contributed by atoms with Gasteiger partial charge in [0, 0.05) is 5.56 Å². The molecule has 0 aliphatic heterocycles. The van der Waals surface area contributed by atoms with Crippen molar-refractivity contribution in [2.45, 2.75) is 32.6 Å². The number of halogens is 1. The summed E-state index contributed by atoms with van der Waals surface area (Å²) in [7, 11) is 1.62. The lowest BCUT2D eigenvalue weighted by Gasteiger charge is -2.23. The van der Waals surface area contributed by atoms with Crippen molar-refractivity contribution in [3.63, 3.8) is 0 Å². The Morgan fingerprint density at radius 2 is 2.06 bits per heavy atom. The first-order chi connectivity index (χ1) is 8.10. The van der Waals surface area contributed by atoms with Gasteiger partial charge in [-0.25, -0.2) is 4.39 Å². The third kappa shape index (κ3) is 3.70. The van der Waals surface area contributed by atoms with Crippen molar-refractivity contribution in [1.82, 2.24) is 0 Å². The van der Waals surface area contributed by atoms with Crippen LogP contribution in [0.5, 0.6) is 5.75 Å². The second-order valence-electron chi connectivity index (χ2n) is 4.67. The van der Waals surface area contributed by atoms with E-state index in [4.69, 9.17) is 10.5 Å². The predicted molar refractivity (Wildman–Crippen MR) is 68.8 cm³/mol. The van der Waals surface area contributed by atoms with Crippen LogP contribution in [-0.2, 0) is 0 Å². The van der Waals surface area contributed by atoms with Crippen LogP contribution in [0.1, 0.15) is 38.2 Å². The maximum absolute atomic E-state index is 13.3. The van der Waals surface area contributed by atoms with Crippen LogP contribution >= 0.6 is 0 Å². The number of benzene rings is 1. The van der Waals surface area contributed by atoms with Crippen LogP contribution in [0.3, 0.4) is 0 Å².